The van der Waals surface area contributed by atoms with E-state index in [1.807, 2.05) is 12.1 Å². The van der Waals surface area contributed by atoms with Crippen LogP contribution in [0.25, 0.3) is 0 Å². The zero-order valence-corrected chi connectivity index (χ0v) is 26.3. The molecule has 2 aromatic rings. The molecule has 9 heteroatoms. The summed E-state index contributed by atoms with van der Waals surface area (Å²) in [6.45, 7) is 9.98. The van der Waals surface area contributed by atoms with E-state index in [9.17, 15) is 19.7 Å². The second-order valence-corrected chi connectivity index (χ2v) is 13.8. The monoisotopic (exact) mass is 606 g/mol. The molecule has 0 bridgehead atoms. The first-order valence-corrected chi connectivity index (χ1v) is 15.1. The molecule has 0 amide bonds. The molecule has 0 radical (unpaired) electrons. The van der Waals surface area contributed by atoms with Crippen LogP contribution in [0.2, 0.25) is 5.02 Å². The summed E-state index contributed by atoms with van der Waals surface area (Å²) in [7, 11) is 1.69. The lowest BCUT2D eigenvalue weighted by Crippen LogP contribution is -2.44. The summed E-state index contributed by atoms with van der Waals surface area (Å²) < 4.78 is 11.3. The summed E-state index contributed by atoms with van der Waals surface area (Å²) in [6, 6.07) is 11.7. The molecule has 2 aromatic carbocycles. The molecule has 2 aliphatic carbocycles. The van der Waals surface area contributed by atoms with Crippen LogP contribution in [0.1, 0.15) is 76.8 Å². The van der Waals surface area contributed by atoms with E-state index in [0.717, 1.165) is 41.8 Å². The van der Waals surface area contributed by atoms with Crippen LogP contribution in [0.5, 0.6) is 5.75 Å². The third-order valence-corrected chi connectivity index (χ3v) is 8.88. The van der Waals surface area contributed by atoms with Crippen molar-refractivity contribution in [3.8, 4) is 5.75 Å². The number of carbonyl (C=O) groups excluding carboxylic acids is 2. The van der Waals surface area contributed by atoms with E-state index in [1.54, 1.807) is 25.3 Å². The molecule has 1 heterocycles. The maximum absolute atomic E-state index is 13.9. The van der Waals surface area contributed by atoms with Gasteiger partial charge in [-0.05, 0) is 65.5 Å². The number of ether oxygens (including phenoxy) is 2. The molecule has 8 nitrogen and oxygen atoms in total. The maximum atomic E-state index is 13.9. The highest BCUT2D eigenvalue weighted by Crippen LogP contribution is 2.54. The number of halogens is 1. The maximum Gasteiger partial charge on any atom is 0.269 e. The van der Waals surface area contributed by atoms with E-state index in [2.05, 4.69) is 32.6 Å². The van der Waals surface area contributed by atoms with Gasteiger partial charge in [0.2, 0.25) is 0 Å². The van der Waals surface area contributed by atoms with Gasteiger partial charge in [-0.3, -0.25) is 19.7 Å². The van der Waals surface area contributed by atoms with Crippen LogP contribution >= 0.6 is 11.6 Å². The summed E-state index contributed by atoms with van der Waals surface area (Å²) in [5.41, 5.74) is 4.63. The molecule has 0 unspecified atom stereocenters. The van der Waals surface area contributed by atoms with Crippen LogP contribution in [0, 0.1) is 20.9 Å². The molecule has 228 valence electrons. The number of ketones is 2. The zero-order valence-electron chi connectivity index (χ0n) is 25.5. The number of nitro groups is 1. The van der Waals surface area contributed by atoms with Gasteiger partial charge in [0.25, 0.3) is 5.69 Å². The third kappa shape index (κ3) is 6.41. The standard InChI is InChI=1S/C34H39ClN2O6/c1-33(2)16-25-31(27(38)18-33)30(32-26(36(25)13-6-14-42-5)17-34(3,4)19-28(32)39)22-9-12-29(24(35)15-22)43-20-21-7-10-23(11-8-21)37(40)41/h7-12,15,30H,6,13-14,16-20H2,1-5H3. The lowest BCUT2D eigenvalue weighted by Gasteiger charge is -2.49. The number of nitrogens with zero attached hydrogens (tertiary/aromatic N) is 2. The second kappa shape index (κ2) is 11.9. The van der Waals surface area contributed by atoms with Crippen LogP contribution in [0.3, 0.4) is 0 Å². The Bertz CT molecular complexity index is 1470. The van der Waals surface area contributed by atoms with Crippen molar-refractivity contribution in [3.05, 3.63) is 91.3 Å². The largest absolute Gasteiger partial charge is 0.487 e. The van der Waals surface area contributed by atoms with Crippen molar-refractivity contribution >= 4 is 28.9 Å². The number of nitro benzene ring substituents is 1. The molecule has 0 saturated carbocycles. The molecule has 0 spiro atoms. The Balaban J connectivity index is 1.54. The predicted octanol–water partition coefficient (Wildman–Crippen LogP) is 7.55. The molecule has 43 heavy (non-hydrogen) atoms. The number of hydrogen-bond donors (Lipinski definition) is 0. The Morgan fingerprint density at radius 1 is 0.930 bits per heavy atom. The molecule has 0 fully saturated rings. The molecular formula is C34H39ClN2O6. The Kier molecular flexibility index (Phi) is 8.56. The van der Waals surface area contributed by atoms with Crippen LogP contribution < -0.4 is 4.74 Å². The minimum atomic E-state index is -0.489. The zero-order chi connectivity index (χ0) is 31.1. The van der Waals surface area contributed by atoms with E-state index < -0.39 is 10.8 Å². The SMILES string of the molecule is COCCCN1C2=C(C(=O)CC(C)(C)C2)C(c2ccc(OCc3ccc([N+](=O)[O-])cc3)c(Cl)c2)C2=C1CC(C)(C)CC2=O. The first-order chi connectivity index (χ1) is 20.3. The van der Waals surface area contributed by atoms with Gasteiger partial charge < -0.3 is 14.4 Å². The fourth-order valence-corrected chi connectivity index (χ4v) is 6.95. The van der Waals surface area contributed by atoms with Crippen molar-refractivity contribution in [1.29, 1.82) is 0 Å². The van der Waals surface area contributed by atoms with Crippen molar-refractivity contribution in [3.63, 3.8) is 0 Å². The van der Waals surface area contributed by atoms with Gasteiger partial charge in [0, 0.05) is 73.7 Å². The number of methoxy groups -OCH3 is 1. The summed E-state index contributed by atoms with van der Waals surface area (Å²) in [4.78, 5) is 40.7. The summed E-state index contributed by atoms with van der Waals surface area (Å²) in [5.74, 6) is 0.118. The molecular weight excluding hydrogens is 568 g/mol. The average Bonchev–Trinajstić information content (AvgIpc) is 2.91. The Hall–Kier alpha value is -3.49. The summed E-state index contributed by atoms with van der Waals surface area (Å²) in [5, 5.41) is 11.3. The van der Waals surface area contributed by atoms with E-state index in [0.29, 0.717) is 47.9 Å². The predicted molar refractivity (Wildman–Crippen MR) is 165 cm³/mol. The number of hydrogen-bond acceptors (Lipinski definition) is 7. The van der Waals surface area contributed by atoms with E-state index in [-0.39, 0.29) is 34.7 Å². The molecule has 3 aliphatic rings. The summed E-state index contributed by atoms with van der Waals surface area (Å²) in [6.07, 6.45) is 3.10. The molecule has 5 rings (SSSR count). The topological polar surface area (TPSA) is 99.0 Å². The fourth-order valence-electron chi connectivity index (χ4n) is 6.71. The number of rotatable bonds is 9. The van der Waals surface area contributed by atoms with Gasteiger partial charge in [0.1, 0.15) is 12.4 Å². The van der Waals surface area contributed by atoms with Crippen LogP contribution in [-0.4, -0.2) is 41.7 Å². The minimum absolute atomic E-state index is 0.0134. The molecule has 0 aromatic heterocycles. The fraction of sp³-hybridized carbons (Fsp3) is 0.471. The number of non-ortho nitro benzene ring substituents is 1. The molecule has 1 aliphatic heterocycles. The number of Topliss-reactive ketones (excluding diaryl/α,β-unsaturated/α-hetero) is 2. The highest BCUT2D eigenvalue weighted by molar-refractivity contribution is 6.32. The van der Waals surface area contributed by atoms with E-state index in [4.69, 9.17) is 21.1 Å². The smallest absolute Gasteiger partial charge is 0.269 e. The number of allylic oxidation sites excluding steroid dienone is 4. The first kappa shape index (κ1) is 31.0. The van der Waals surface area contributed by atoms with Crippen LogP contribution in [0.15, 0.2) is 65.0 Å². The minimum Gasteiger partial charge on any atom is -0.487 e. The summed E-state index contributed by atoms with van der Waals surface area (Å²) >= 11 is 6.77. The highest BCUT2D eigenvalue weighted by Gasteiger charge is 2.48. The van der Waals surface area contributed by atoms with Crippen molar-refractivity contribution in [1.82, 2.24) is 4.90 Å². The number of benzene rings is 2. The van der Waals surface area contributed by atoms with Gasteiger partial charge in [0.05, 0.1) is 9.95 Å². The van der Waals surface area contributed by atoms with Crippen LogP contribution in [0.4, 0.5) is 5.69 Å². The van der Waals surface area contributed by atoms with Crippen molar-refractivity contribution in [2.24, 2.45) is 10.8 Å². The highest BCUT2D eigenvalue weighted by atomic mass is 35.5. The molecule has 0 atom stereocenters. The Labute approximate surface area is 257 Å². The first-order valence-electron chi connectivity index (χ1n) is 14.7. The lowest BCUT2D eigenvalue weighted by atomic mass is 9.63. The Morgan fingerprint density at radius 3 is 2.02 bits per heavy atom. The van der Waals surface area contributed by atoms with Crippen molar-refractivity contribution < 1.29 is 24.0 Å². The van der Waals surface area contributed by atoms with Gasteiger partial charge in [-0.15, -0.1) is 0 Å². The van der Waals surface area contributed by atoms with Gasteiger partial charge in [-0.1, -0.05) is 45.4 Å². The molecule has 0 N–H and O–H groups in total. The van der Waals surface area contributed by atoms with Gasteiger partial charge in [0.15, 0.2) is 11.6 Å². The second-order valence-electron chi connectivity index (χ2n) is 13.4. The van der Waals surface area contributed by atoms with Gasteiger partial charge >= 0.3 is 0 Å². The average molecular weight is 607 g/mol. The Morgan fingerprint density at radius 2 is 1.51 bits per heavy atom. The van der Waals surface area contributed by atoms with Crippen LogP contribution in [-0.2, 0) is 20.9 Å². The normalized spacial score (nSPS) is 19.8. The van der Waals surface area contributed by atoms with Gasteiger partial charge in [-0.25, -0.2) is 0 Å². The van der Waals surface area contributed by atoms with E-state index in [1.165, 1.54) is 12.1 Å². The lowest BCUT2D eigenvalue weighted by molar-refractivity contribution is -0.384. The molecule has 0 saturated heterocycles. The van der Waals surface area contributed by atoms with E-state index >= 15 is 0 Å². The van der Waals surface area contributed by atoms with Crippen molar-refractivity contribution in [2.75, 3.05) is 20.3 Å². The quantitative estimate of drug-likeness (QED) is 0.165. The third-order valence-electron chi connectivity index (χ3n) is 8.58. The van der Waals surface area contributed by atoms with Gasteiger partial charge in [-0.2, -0.15) is 0 Å². The van der Waals surface area contributed by atoms with Crippen molar-refractivity contribution in [2.45, 2.75) is 72.3 Å². The number of carbonyl (C=O) groups is 2.